The van der Waals surface area contributed by atoms with Gasteiger partial charge in [-0.1, -0.05) is 256 Å². The minimum atomic E-state index is -0.775. The van der Waals surface area contributed by atoms with Crippen molar-refractivity contribution in [1.29, 1.82) is 0 Å². The van der Waals surface area contributed by atoms with E-state index < -0.39 is 6.10 Å². The molecule has 0 heterocycles. The molecule has 392 valence electrons. The summed E-state index contributed by atoms with van der Waals surface area (Å²) < 4.78 is 16.9. The van der Waals surface area contributed by atoms with Crippen molar-refractivity contribution < 1.29 is 28.6 Å². The lowest BCUT2D eigenvalue weighted by Crippen LogP contribution is -2.30. The van der Waals surface area contributed by atoms with Crippen LogP contribution < -0.4 is 0 Å². The van der Waals surface area contributed by atoms with Crippen molar-refractivity contribution >= 4 is 17.9 Å². The SMILES string of the molecule is CCCCC/C=C\C/C=C\CCCCCCCC(=O)OC[C@H](COC(=O)CCCCCCCCCCCCCCC)OC(=O)CCCCCCCCCCCCC/C=C\CCCCCCCC. The van der Waals surface area contributed by atoms with E-state index in [1.54, 1.807) is 0 Å². The van der Waals surface area contributed by atoms with Crippen molar-refractivity contribution in [1.82, 2.24) is 0 Å². The normalized spacial score (nSPS) is 12.2. The van der Waals surface area contributed by atoms with Crippen molar-refractivity contribution in [3.63, 3.8) is 0 Å². The van der Waals surface area contributed by atoms with E-state index in [1.165, 1.54) is 199 Å². The molecule has 6 heteroatoms. The molecular weight excluding hydrogens is 829 g/mol. The van der Waals surface area contributed by atoms with E-state index in [9.17, 15) is 14.4 Å². The van der Waals surface area contributed by atoms with E-state index in [4.69, 9.17) is 14.2 Å². The fourth-order valence-corrected chi connectivity index (χ4v) is 8.65. The molecule has 0 amide bonds. The standard InChI is InChI=1S/C61H112O6/c1-4-7-10-13-16-19-22-25-27-28-29-30-31-32-34-37-40-43-46-49-52-55-61(64)67-58(56-65-59(62)53-50-47-44-41-38-35-24-21-18-15-12-9-6-3)57-66-60(63)54-51-48-45-42-39-36-33-26-23-20-17-14-11-8-5-2/h17,20,25-27,33,58H,4-16,18-19,21-24,28-32,34-57H2,1-3H3/b20-17-,27-25-,33-26-/t58-/m0/s1. The van der Waals surface area contributed by atoms with Crippen LogP contribution in [0.15, 0.2) is 36.5 Å². The molecule has 1 atom stereocenters. The second-order valence-corrected chi connectivity index (χ2v) is 19.9. The van der Waals surface area contributed by atoms with Gasteiger partial charge in [0.05, 0.1) is 0 Å². The van der Waals surface area contributed by atoms with Gasteiger partial charge in [0.2, 0.25) is 0 Å². The lowest BCUT2D eigenvalue weighted by atomic mass is 10.0. The van der Waals surface area contributed by atoms with Crippen LogP contribution in [0.1, 0.15) is 316 Å². The van der Waals surface area contributed by atoms with Gasteiger partial charge in [-0.25, -0.2) is 0 Å². The predicted octanol–water partition coefficient (Wildman–Crippen LogP) is 19.7. The first-order chi connectivity index (χ1) is 33.0. The Morgan fingerprint density at radius 1 is 0.299 bits per heavy atom. The Morgan fingerprint density at radius 2 is 0.537 bits per heavy atom. The maximum absolute atomic E-state index is 12.9. The summed E-state index contributed by atoms with van der Waals surface area (Å²) in [4.78, 5) is 38.1. The van der Waals surface area contributed by atoms with Gasteiger partial charge in [0.15, 0.2) is 6.10 Å². The van der Waals surface area contributed by atoms with Gasteiger partial charge in [-0.2, -0.15) is 0 Å². The summed E-state index contributed by atoms with van der Waals surface area (Å²) in [6.07, 6.45) is 67.1. The third-order valence-electron chi connectivity index (χ3n) is 13.1. The lowest BCUT2D eigenvalue weighted by Gasteiger charge is -2.18. The van der Waals surface area contributed by atoms with Crippen LogP contribution >= 0.6 is 0 Å². The lowest BCUT2D eigenvalue weighted by molar-refractivity contribution is -0.167. The largest absolute Gasteiger partial charge is 0.462 e. The van der Waals surface area contributed by atoms with Gasteiger partial charge in [-0.15, -0.1) is 0 Å². The second-order valence-electron chi connectivity index (χ2n) is 19.9. The average molecular weight is 942 g/mol. The summed E-state index contributed by atoms with van der Waals surface area (Å²) >= 11 is 0. The molecular formula is C61H112O6. The van der Waals surface area contributed by atoms with Crippen LogP contribution in [0.25, 0.3) is 0 Å². The zero-order valence-electron chi connectivity index (χ0n) is 44.9. The molecule has 0 aromatic heterocycles. The van der Waals surface area contributed by atoms with E-state index in [0.717, 1.165) is 77.0 Å². The Kier molecular flexibility index (Phi) is 54.2. The number of allylic oxidation sites excluding steroid dienone is 6. The third kappa shape index (κ3) is 54.4. The summed E-state index contributed by atoms with van der Waals surface area (Å²) in [5, 5.41) is 0. The Balaban J connectivity index is 4.32. The summed E-state index contributed by atoms with van der Waals surface area (Å²) in [7, 11) is 0. The predicted molar refractivity (Wildman–Crippen MR) is 289 cm³/mol. The van der Waals surface area contributed by atoms with Gasteiger partial charge < -0.3 is 14.2 Å². The van der Waals surface area contributed by atoms with Crippen LogP contribution in [0, 0.1) is 0 Å². The highest BCUT2D eigenvalue weighted by Crippen LogP contribution is 2.16. The van der Waals surface area contributed by atoms with Gasteiger partial charge >= 0.3 is 17.9 Å². The molecule has 0 N–H and O–H groups in total. The van der Waals surface area contributed by atoms with E-state index >= 15 is 0 Å². The summed E-state index contributed by atoms with van der Waals surface area (Å²) in [5.74, 6) is -0.871. The molecule has 0 spiro atoms. The molecule has 0 rings (SSSR count). The molecule has 0 saturated heterocycles. The first-order valence-electron chi connectivity index (χ1n) is 29.5. The molecule has 0 saturated carbocycles. The Bertz CT molecular complexity index is 1130. The van der Waals surface area contributed by atoms with Crippen molar-refractivity contribution in [2.45, 2.75) is 322 Å². The molecule has 0 radical (unpaired) electrons. The molecule has 0 aromatic carbocycles. The number of hydrogen-bond acceptors (Lipinski definition) is 6. The van der Waals surface area contributed by atoms with Gasteiger partial charge in [0.1, 0.15) is 13.2 Å². The van der Waals surface area contributed by atoms with Crippen molar-refractivity contribution in [3.8, 4) is 0 Å². The average Bonchev–Trinajstić information content (AvgIpc) is 3.33. The van der Waals surface area contributed by atoms with E-state index in [2.05, 4.69) is 57.2 Å². The van der Waals surface area contributed by atoms with Crippen LogP contribution in [-0.4, -0.2) is 37.2 Å². The van der Waals surface area contributed by atoms with Crippen LogP contribution in [0.3, 0.4) is 0 Å². The Morgan fingerprint density at radius 3 is 0.866 bits per heavy atom. The zero-order chi connectivity index (χ0) is 48.6. The smallest absolute Gasteiger partial charge is 0.306 e. The topological polar surface area (TPSA) is 78.9 Å². The summed E-state index contributed by atoms with van der Waals surface area (Å²) in [6.45, 7) is 6.64. The van der Waals surface area contributed by atoms with Crippen LogP contribution in [0.2, 0.25) is 0 Å². The van der Waals surface area contributed by atoms with Crippen LogP contribution in [-0.2, 0) is 28.6 Å². The van der Waals surface area contributed by atoms with Crippen molar-refractivity contribution in [2.24, 2.45) is 0 Å². The summed E-state index contributed by atoms with van der Waals surface area (Å²) in [5.41, 5.74) is 0. The van der Waals surface area contributed by atoms with Crippen molar-refractivity contribution in [3.05, 3.63) is 36.5 Å². The Labute approximate surface area is 416 Å². The quantitative estimate of drug-likeness (QED) is 0.0262. The maximum Gasteiger partial charge on any atom is 0.306 e. The van der Waals surface area contributed by atoms with Gasteiger partial charge in [-0.3, -0.25) is 14.4 Å². The first-order valence-corrected chi connectivity index (χ1v) is 29.5. The van der Waals surface area contributed by atoms with Crippen LogP contribution in [0.5, 0.6) is 0 Å². The molecule has 0 aliphatic heterocycles. The highest BCUT2D eigenvalue weighted by molar-refractivity contribution is 5.71. The van der Waals surface area contributed by atoms with E-state index in [-0.39, 0.29) is 31.1 Å². The fourth-order valence-electron chi connectivity index (χ4n) is 8.65. The summed E-state index contributed by atoms with van der Waals surface area (Å²) in [6, 6.07) is 0. The number of unbranched alkanes of at least 4 members (excludes halogenated alkanes) is 37. The van der Waals surface area contributed by atoms with E-state index in [0.29, 0.717) is 19.3 Å². The fraction of sp³-hybridized carbons (Fsp3) is 0.852. The zero-order valence-corrected chi connectivity index (χ0v) is 44.9. The maximum atomic E-state index is 12.9. The van der Waals surface area contributed by atoms with Crippen LogP contribution in [0.4, 0.5) is 0 Å². The number of esters is 3. The van der Waals surface area contributed by atoms with Gasteiger partial charge in [0, 0.05) is 19.3 Å². The molecule has 0 aliphatic carbocycles. The Hall–Kier alpha value is -2.37. The molecule has 0 unspecified atom stereocenters. The number of ether oxygens (including phenoxy) is 3. The third-order valence-corrected chi connectivity index (χ3v) is 13.1. The number of hydrogen-bond donors (Lipinski definition) is 0. The minimum Gasteiger partial charge on any atom is -0.462 e. The monoisotopic (exact) mass is 941 g/mol. The molecule has 0 fully saturated rings. The highest BCUT2D eigenvalue weighted by Gasteiger charge is 2.19. The minimum absolute atomic E-state index is 0.0731. The number of carbonyl (C=O) groups excluding carboxylic acids is 3. The molecule has 0 bridgehead atoms. The first kappa shape index (κ1) is 64.6. The molecule has 0 aromatic rings. The molecule has 0 aliphatic rings. The second kappa shape index (κ2) is 56.2. The van der Waals surface area contributed by atoms with Crippen molar-refractivity contribution in [2.75, 3.05) is 13.2 Å². The van der Waals surface area contributed by atoms with Gasteiger partial charge in [0.25, 0.3) is 0 Å². The highest BCUT2D eigenvalue weighted by atomic mass is 16.6. The number of carbonyl (C=O) groups is 3. The molecule has 6 nitrogen and oxygen atoms in total. The number of rotatable bonds is 54. The van der Waals surface area contributed by atoms with E-state index in [1.807, 2.05) is 0 Å². The van der Waals surface area contributed by atoms with Gasteiger partial charge in [-0.05, 0) is 77.0 Å². The molecule has 67 heavy (non-hydrogen) atoms.